The van der Waals surface area contributed by atoms with E-state index in [2.05, 4.69) is 18.9 Å². The molecule has 0 bridgehead atoms. The highest BCUT2D eigenvalue weighted by Gasteiger charge is 2.41. The average molecular weight is 238 g/mol. The molecule has 1 aromatic heterocycles. The van der Waals surface area contributed by atoms with Gasteiger partial charge in [-0.15, -0.1) is 0 Å². The van der Waals surface area contributed by atoms with E-state index < -0.39 is 0 Å². The molecule has 2 aliphatic rings. The Morgan fingerprint density at radius 2 is 1.88 bits per heavy atom. The third kappa shape index (κ3) is 4.50. The van der Waals surface area contributed by atoms with Crippen molar-refractivity contribution < 1.29 is 4.74 Å². The molecular formula is C14H26N2O. The van der Waals surface area contributed by atoms with E-state index in [-0.39, 0.29) is 0 Å². The van der Waals surface area contributed by atoms with Gasteiger partial charge in [0.2, 0.25) is 0 Å². The first-order chi connectivity index (χ1) is 8.16. The van der Waals surface area contributed by atoms with Crippen molar-refractivity contribution in [3.8, 4) is 0 Å². The van der Waals surface area contributed by atoms with E-state index in [9.17, 15) is 0 Å². The summed E-state index contributed by atoms with van der Waals surface area (Å²) in [5.74, 6) is 1.98. The molecule has 98 valence electrons. The smallest absolute Gasteiger partial charge is 0.0593 e. The lowest BCUT2D eigenvalue weighted by Gasteiger charge is -2.02. The Labute approximate surface area is 105 Å². The van der Waals surface area contributed by atoms with Gasteiger partial charge >= 0.3 is 0 Å². The summed E-state index contributed by atoms with van der Waals surface area (Å²) >= 11 is 0. The summed E-state index contributed by atoms with van der Waals surface area (Å²) in [6.07, 6.45) is 3.46. The Balaban J connectivity index is 0.000000155. The largest absolute Gasteiger partial charge is 0.381 e. The molecule has 0 amide bonds. The van der Waals surface area contributed by atoms with Crippen molar-refractivity contribution in [3.05, 3.63) is 18.0 Å². The number of aryl methyl sites for hydroxylation is 1. The molecule has 3 nitrogen and oxygen atoms in total. The van der Waals surface area contributed by atoms with Gasteiger partial charge in [0.15, 0.2) is 0 Å². The van der Waals surface area contributed by atoms with Gasteiger partial charge in [-0.05, 0) is 45.1 Å². The third-order valence-corrected chi connectivity index (χ3v) is 3.00. The maximum Gasteiger partial charge on any atom is 0.0593 e. The van der Waals surface area contributed by atoms with Gasteiger partial charge in [0.1, 0.15) is 0 Å². The number of hydrogen-bond acceptors (Lipinski definition) is 2. The van der Waals surface area contributed by atoms with E-state index >= 15 is 0 Å². The van der Waals surface area contributed by atoms with E-state index in [1.165, 1.54) is 6.42 Å². The van der Waals surface area contributed by atoms with Gasteiger partial charge in [-0.3, -0.25) is 4.68 Å². The van der Waals surface area contributed by atoms with Crippen molar-refractivity contribution in [1.29, 1.82) is 0 Å². The van der Waals surface area contributed by atoms with Gasteiger partial charge in [-0.1, -0.05) is 13.8 Å². The molecule has 1 aromatic rings. The Morgan fingerprint density at radius 3 is 2.06 bits per heavy atom. The zero-order chi connectivity index (χ0) is 12.8. The normalized spacial score (nSPS) is 24.4. The summed E-state index contributed by atoms with van der Waals surface area (Å²) in [7, 11) is 0. The number of ether oxygens (including phenoxy) is 1. The molecule has 0 aromatic carbocycles. The predicted molar refractivity (Wildman–Crippen MR) is 71.1 cm³/mol. The van der Waals surface area contributed by atoms with Crippen LogP contribution >= 0.6 is 0 Å². The molecule has 2 fully saturated rings. The maximum absolute atomic E-state index is 5.11. The second-order valence-corrected chi connectivity index (χ2v) is 4.82. The molecule has 2 unspecified atom stereocenters. The first-order valence-corrected chi connectivity index (χ1v) is 6.76. The van der Waals surface area contributed by atoms with Crippen molar-refractivity contribution in [3.63, 3.8) is 0 Å². The molecule has 0 radical (unpaired) electrons. The molecule has 1 saturated heterocycles. The third-order valence-electron chi connectivity index (χ3n) is 3.00. The summed E-state index contributed by atoms with van der Waals surface area (Å²) < 4.78 is 7.06. The standard InChI is InChI=1S/C7H12N2.C5H8O.C2H6/c1-6(2)9-5-4-7(3)8-9;1-4-2-6-3-5(1)4;1-2/h4-6H,1-3H3;4-5H,1-3H2;1-2H3. The van der Waals surface area contributed by atoms with Gasteiger partial charge < -0.3 is 4.74 Å². The first-order valence-electron chi connectivity index (χ1n) is 6.76. The summed E-state index contributed by atoms with van der Waals surface area (Å²) in [5.41, 5.74) is 1.09. The monoisotopic (exact) mass is 238 g/mol. The van der Waals surface area contributed by atoms with Gasteiger partial charge in [-0.2, -0.15) is 5.10 Å². The Hall–Kier alpha value is -0.830. The molecule has 3 heteroatoms. The van der Waals surface area contributed by atoms with Crippen molar-refractivity contribution in [1.82, 2.24) is 9.78 Å². The van der Waals surface area contributed by atoms with E-state index in [0.717, 1.165) is 30.7 Å². The van der Waals surface area contributed by atoms with Crippen molar-refractivity contribution in [2.75, 3.05) is 13.2 Å². The fraction of sp³-hybridized carbons (Fsp3) is 0.786. The molecule has 2 heterocycles. The van der Waals surface area contributed by atoms with Crippen LogP contribution in [0.15, 0.2) is 12.3 Å². The van der Waals surface area contributed by atoms with Crippen molar-refractivity contribution >= 4 is 0 Å². The van der Waals surface area contributed by atoms with Crippen LogP contribution in [0.2, 0.25) is 0 Å². The SMILES string of the molecule is C1OCC2CC12.CC.Cc1ccn(C(C)C)n1. The number of hydrogen-bond donors (Lipinski definition) is 0. The Kier molecular flexibility index (Phi) is 5.69. The molecule has 17 heavy (non-hydrogen) atoms. The van der Waals surface area contributed by atoms with Crippen LogP contribution in [0.25, 0.3) is 0 Å². The zero-order valence-corrected chi connectivity index (χ0v) is 11.8. The molecule has 2 atom stereocenters. The number of rotatable bonds is 1. The lowest BCUT2D eigenvalue weighted by atomic mass is 10.4. The van der Waals surface area contributed by atoms with Gasteiger partial charge in [0, 0.05) is 25.5 Å². The average Bonchev–Trinajstić information content (AvgIpc) is 2.76. The molecule has 3 rings (SSSR count). The first kappa shape index (κ1) is 14.2. The van der Waals surface area contributed by atoms with Gasteiger partial charge in [0.05, 0.1) is 5.69 Å². The van der Waals surface area contributed by atoms with E-state index in [1.807, 2.05) is 37.7 Å². The number of fused-ring (bicyclic) bond motifs is 1. The van der Waals surface area contributed by atoms with Crippen LogP contribution in [-0.2, 0) is 4.74 Å². The number of nitrogens with zero attached hydrogens (tertiary/aromatic N) is 2. The second kappa shape index (κ2) is 6.80. The van der Waals surface area contributed by atoms with Crippen molar-refractivity contribution in [2.24, 2.45) is 11.8 Å². The van der Waals surface area contributed by atoms with Crippen LogP contribution in [0.1, 0.15) is 45.9 Å². The quantitative estimate of drug-likeness (QED) is 0.749. The zero-order valence-electron chi connectivity index (χ0n) is 11.8. The molecule has 1 aliphatic carbocycles. The minimum Gasteiger partial charge on any atom is -0.381 e. The van der Waals surface area contributed by atoms with Gasteiger partial charge in [-0.25, -0.2) is 0 Å². The van der Waals surface area contributed by atoms with Crippen LogP contribution in [0.4, 0.5) is 0 Å². The molecule has 0 N–H and O–H groups in total. The minimum atomic E-state index is 0.485. The predicted octanol–water partition coefficient (Wildman–Crippen LogP) is 3.45. The maximum atomic E-state index is 5.11. The van der Waals surface area contributed by atoms with E-state index in [0.29, 0.717) is 6.04 Å². The number of aromatic nitrogens is 2. The molecule has 1 saturated carbocycles. The Bertz CT molecular complexity index is 312. The van der Waals surface area contributed by atoms with Crippen LogP contribution in [0.3, 0.4) is 0 Å². The summed E-state index contributed by atoms with van der Waals surface area (Å²) in [6, 6.07) is 2.50. The molecule has 0 spiro atoms. The summed E-state index contributed by atoms with van der Waals surface area (Å²) in [5, 5.41) is 4.23. The fourth-order valence-corrected chi connectivity index (χ4v) is 1.81. The lowest BCUT2D eigenvalue weighted by molar-refractivity contribution is 0.165. The summed E-state index contributed by atoms with van der Waals surface area (Å²) in [4.78, 5) is 0. The molecular weight excluding hydrogens is 212 g/mol. The molecule has 1 aliphatic heterocycles. The second-order valence-electron chi connectivity index (χ2n) is 4.82. The van der Waals surface area contributed by atoms with Crippen molar-refractivity contribution in [2.45, 2.75) is 47.1 Å². The summed E-state index contributed by atoms with van der Waals surface area (Å²) in [6.45, 7) is 12.4. The lowest BCUT2D eigenvalue weighted by Crippen LogP contribution is -2.00. The fourth-order valence-electron chi connectivity index (χ4n) is 1.81. The topological polar surface area (TPSA) is 27.1 Å². The highest BCUT2D eigenvalue weighted by atomic mass is 16.5. The van der Waals surface area contributed by atoms with Crippen LogP contribution in [0, 0.1) is 18.8 Å². The Morgan fingerprint density at radius 1 is 1.29 bits per heavy atom. The van der Waals surface area contributed by atoms with Crippen LogP contribution in [-0.4, -0.2) is 23.0 Å². The van der Waals surface area contributed by atoms with Crippen LogP contribution < -0.4 is 0 Å². The van der Waals surface area contributed by atoms with Crippen LogP contribution in [0.5, 0.6) is 0 Å². The highest BCUT2D eigenvalue weighted by Crippen LogP contribution is 2.43. The minimum absolute atomic E-state index is 0.485. The highest BCUT2D eigenvalue weighted by molar-refractivity contribution is 4.95. The van der Waals surface area contributed by atoms with E-state index in [1.54, 1.807) is 0 Å². The van der Waals surface area contributed by atoms with Gasteiger partial charge in [0.25, 0.3) is 0 Å². The van der Waals surface area contributed by atoms with E-state index in [4.69, 9.17) is 4.74 Å².